The Hall–Kier alpha value is -1.63. The number of ketones is 1. The van der Waals surface area contributed by atoms with Gasteiger partial charge in [0.05, 0.1) is 11.0 Å². The molecular weight excluding hydrogens is 370 g/mol. The van der Waals surface area contributed by atoms with Crippen LogP contribution >= 0.6 is 0 Å². The first-order valence-corrected chi connectivity index (χ1v) is 11.1. The number of hydrogen-bond acceptors (Lipinski definition) is 6. The fourth-order valence-electron chi connectivity index (χ4n) is 6.85. The second-order valence-electron chi connectivity index (χ2n) is 9.61. The summed E-state index contributed by atoms with van der Waals surface area (Å²) in [5.41, 5.74) is 1.20. The molecule has 0 amide bonds. The van der Waals surface area contributed by atoms with Crippen LogP contribution in [0.2, 0.25) is 0 Å². The number of aliphatic hydroxyl groups excluding tert-OH is 1. The van der Waals surface area contributed by atoms with Crippen molar-refractivity contribution >= 4 is 5.78 Å². The molecule has 2 aliphatic heterocycles. The summed E-state index contributed by atoms with van der Waals surface area (Å²) >= 11 is 0. The molecule has 4 atom stereocenters. The first kappa shape index (κ1) is 18.2. The monoisotopic (exact) mass is 399 g/mol. The smallest absolute Gasteiger partial charge is 0.174 e. The lowest BCUT2D eigenvalue weighted by atomic mass is 9.48. The van der Waals surface area contributed by atoms with Crippen molar-refractivity contribution in [2.75, 3.05) is 26.3 Å². The number of rotatable bonds is 6. The molecule has 2 N–H and O–H groups in total. The molecule has 1 spiro atoms. The van der Waals surface area contributed by atoms with Crippen molar-refractivity contribution in [1.29, 1.82) is 0 Å². The molecule has 2 bridgehead atoms. The Labute approximate surface area is 170 Å². The molecule has 1 unspecified atom stereocenters. The molecule has 2 heterocycles. The van der Waals surface area contributed by atoms with Gasteiger partial charge in [-0.25, -0.2) is 0 Å². The van der Waals surface area contributed by atoms with E-state index in [1.54, 1.807) is 6.07 Å². The average Bonchev–Trinajstić information content (AvgIpc) is 3.45. The number of phenols is 1. The van der Waals surface area contributed by atoms with Crippen LogP contribution in [0.15, 0.2) is 12.1 Å². The van der Waals surface area contributed by atoms with Crippen molar-refractivity contribution in [3.8, 4) is 11.5 Å². The van der Waals surface area contributed by atoms with Crippen molar-refractivity contribution in [2.45, 2.75) is 68.1 Å². The van der Waals surface area contributed by atoms with Crippen molar-refractivity contribution in [3.63, 3.8) is 0 Å². The van der Waals surface area contributed by atoms with Crippen LogP contribution in [0.4, 0.5) is 0 Å². The van der Waals surface area contributed by atoms with Crippen molar-refractivity contribution < 1.29 is 24.5 Å². The van der Waals surface area contributed by atoms with Gasteiger partial charge in [0.2, 0.25) is 0 Å². The number of aliphatic hydroxyl groups is 1. The highest BCUT2D eigenvalue weighted by Gasteiger charge is 2.74. The fraction of sp³-hybridized carbons (Fsp3) is 0.696. The molecule has 6 rings (SSSR count). The SMILES string of the molecule is O=C1CC[C@@]2(OCCCO)[C@H]3Cc4ccc(O)c5c4C2(CCN3CC2CC2)[C@H]1O5. The normalized spacial score (nSPS) is 37.3. The van der Waals surface area contributed by atoms with E-state index in [-0.39, 0.29) is 24.2 Å². The van der Waals surface area contributed by atoms with Crippen LogP contribution in [0.25, 0.3) is 0 Å². The molecule has 2 saturated carbocycles. The van der Waals surface area contributed by atoms with Crippen LogP contribution in [-0.4, -0.2) is 64.9 Å². The minimum Gasteiger partial charge on any atom is -0.504 e. The minimum atomic E-state index is -0.571. The number of likely N-dealkylation sites (tertiary alicyclic amines) is 1. The van der Waals surface area contributed by atoms with E-state index >= 15 is 0 Å². The van der Waals surface area contributed by atoms with Gasteiger partial charge < -0.3 is 19.7 Å². The Balaban J connectivity index is 1.54. The summed E-state index contributed by atoms with van der Waals surface area (Å²) in [5.74, 6) is 1.55. The molecule has 6 nitrogen and oxygen atoms in total. The van der Waals surface area contributed by atoms with Crippen molar-refractivity contribution in [2.24, 2.45) is 5.92 Å². The van der Waals surface area contributed by atoms with Gasteiger partial charge in [-0.1, -0.05) is 6.07 Å². The highest BCUT2D eigenvalue weighted by molar-refractivity contribution is 5.90. The lowest BCUT2D eigenvalue weighted by Crippen LogP contribution is -2.77. The summed E-state index contributed by atoms with van der Waals surface area (Å²) in [6.07, 6.45) is 5.46. The number of phenolic OH excluding ortho intramolecular Hbond substituents is 1. The van der Waals surface area contributed by atoms with Gasteiger partial charge in [0.25, 0.3) is 0 Å². The average molecular weight is 399 g/mol. The second-order valence-corrected chi connectivity index (χ2v) is 9.61. The molecule has 1 aromatic rings. The summed E-state index contributed by atoms with van der Waals surface area (Å²) < 4.78 is 13.0. The molecule has 6 heteroatoms. The quantitative estimate of drug-likeness (QED) is 0.712. The van der Waals surface area contributed by atoms with Gasteiger partial charge in [-0.05, 0) is 62.6 Å². The maximum Gasteiger partial charge on any atom is 0.174 e. The number of aromatic hydroxyl groups is 1. The Morgan fingerprint density at radius 1 is 1.28 bits per heavy atom. The minimum absolute atomic E-state index is 0.0982. The van der Waals surface area contributed by atoms with Gasteiger partial charge in [-0.2, -0.15) is 0 Å². The number of hydrogen-bond donors (Lipinski definition) is 2. The molecule has 0 radical (unpaired) electrons. The van der Waals surface area contributed by atoms with Crippen LogP contribution in [0.3, 0.4) is 0 Å². The zero-order valence-corrected chi connectivity index (χ0v) is 16.7. The van der Waals surface area contributed by atoms with Gasteiger partial charge in [0.1, 0.15) is 0 Å². The van der Waals surface area contributed by atoms with E-state index in [1.807, 2.05) is 6.07 Å². The van der Waals surface area contributed by atoms with Crippen LogP contribution < -0.4 is 4.74 Å². The van der Waals surface area contributed by atoms with E-state index < -0.39 is 17.1 Å². The topological polar surface area (TPSA) is 79.2 Å². The number of carbonyl (C=O) groups excluding carboxylic acids is 1. The zero-order chi connectivity index (χ0) is 19.8. The van der Waals surface area contributed by atoms with Crippen molar-refractivity contribution in [1.82, 2.24) is 4.90 Å². The lowest BCUT2D eigenvalue weighted by Gasteiger charge is -2.64. The molecule has 3 fully saturated rings. The summed E-state index contributed by atoms with van der Waals surface area (Å²) in [4.78, 5) is 15.7. The largest absolute Gasteiger partial charge is 0.504 e. The zero-order valence-electron chi connectivity index (χ0n) is 16.7. The third-order valence-electron chi connectivity index (χ3n) is 8.18. The Morgan fingerprint density at radius 3 is 2.93 bits per heavy atom. The standard InChI is InChI=1S/C23H29NO5/c25-10-1-11-28-23-7-6-17(27)21-22(23)8-9-24(13-14-2-3-14)18(23)12-15-4-5-16(26)20(29-21)19(15)22/h4-5,14,18,21,25-26H,1-3,6-13H2/t18-,21+,22?,23-/m1/s1. The third-order valence-corrected chi connectivity index (χ3v) is 8.18. The first-order valence-electron chi connectivity index (χ1n) is 11.1. The van der Waals surface area contributed by atoms with E-state index in [0.29, 0.717) is 31.6 Å². The number of Topliss-reactive ketones (excluding diaryl/α,β-unsaturated/α-hetero) is 1. The van der Waals surface area contributed by atoms with Gasteiger partial charge in [-0.3, -0.25) is 9.69 Å². The maximum atomic E-state index is 13.1. The third kappa shape index (κ3) is 2.25. The molecule has 5 aliphatic rings. The van der Waals surface area contributed by atoms with Crippen LogP contribution in [0, 0.1) is 5.92 Å². The van der Waals surface area contributed by atoms with Crippen LogP contribution in [0.5, 0.6) is 11.5 Å². The molecule has 156 valence electrons. The number of benzene rings is 1. The maximum absolute atomic E-state index is 13.1. The second kappa shape index (κ2) is 6.19. The highest BCUT2D eigenvalue weighted by Crippen LogP contribution is 2.66. The number of ether oxygens (including phenoxy) is 2. The molecular formula is C23H29NO5. The van der Waals surface area contributed by atoms with Crippen LogP contribution in [-0.2, 0) is 21.4 Å². The van der Waals surface area contributed by atoms with Gasteiger partial charge in [0, 0.05) is 37.8 Å². The molecule has 29 heavy (non-hydrogen) atoms. The Bertz CT molecular complexity index is 867. The van der Waals surface area contributed by atoms with Crippen molar-refractivity contribution in [3.05, 3.63) is 23.3 Å². The van der Waals surface area contributed by atoms with Crippen LogP contribution in [0.1, 0.15) is 49.7 Å². The summed E-state index contributed by atoms with van der Waals surface area (Å²) in [5, 5.41) is 19.9. The summed E-state index contributed by atoms with van der Waals surface area (Å²) in [6, 6.07) is 3.94. The molecule has 3 aliphatic carbocycles. The molecule has 1 aromatic carbocycles. The lowest BCUT2D eigenvalue weighted by molar-refractivity contribution is -0.214. The Morgan fingerprint density at radius 2 is 2.14 bits per heavy atom. The molecule has 0 aromatic heterocycles. The number of piperidine rings is 1. The van der Waals surface area contributed by atoms with E-state index in [1.165, 1.54) is 18.4 Å². The number of carbonyl (C=O) groups is 1. The fourth-order valence-corrected chi connectivity index (χ4v) is 6.85. The number of nitrogens with zero attached hydrogens (tertiary/aromatic N) is 1. The van der Waals surface area contributed by atoms with Gasteiger partial charge >= 0.3 is 0 Å². The predicted molar refractivity (Wildman–Crippen MR) is 105 cm³/mol. The molecule has 1 saturated heterocycles. The predicted octanol–water partition coefficient (Wildman–Crippen LogP) is 1.93. The van der Waals surface area contributed by atoms with Gasteiger partial charge in [0.15, 0.2) is 23.4 Å². The van der Waals surface area contributed by atoms with E-state index in [9.17, 15) is 15.0 Å². The van der Waals surface area contributed by atoms with E-state index in [2.05, 4.69) is 4.90 Å². The summed E-state index contributed by atoms with van der Waals surface area (Å²) in [6.45, 7) is 2.62. The van der Waals surface area contributed by atoms with E-state index in [4.69, 9.17) is 9.47 Å². The Kier molecular flexibility index (Phi) is 3.88. The van der Waals surface area contributed by atoms with Gasteiger partial charge in [-0.15, -0.1) is 0 Å². The first-order chi connectivity index (χ1) is 14.1. The van der Waals surface area contributed by atoms with E-state index in [0.717, 1.165) is 37.4 Å². The highest BCUT2D eigenvalue weighted by atomic mass is 16.5. The summed E-state index contributed by atoms with van der Waals surface area (Å²) in [7, 11) is 0.